The van der Waals surface area contributed by atoms with E-state index in [0.29, 0.717) is 52.8 Å². The topological polar surface area (TPSA) is 77.3 Å². The number of ketones is 1. The molecular formula is C26H33N3O4. The lowest BCUT2D eigenvalue weighted by molar-refractivity contribution is 0.104. The maximum absolute atomic E-state index is 13.4. The minimum absolute atomic E-state index is 0.106. The number of hydrogen-bond acceptors (Lipinski definition) is 7. The van der Waals surface area contributed by atoms with Gasteiger partial charge in [-0.1, -0.05) is 12.1 Å². The summed E-state index contributed by atoms with van der Waals surface area (Å²) in [5.41, 5.74) is 9.40. The van der Waals surface area contributed by atoms with E-state index < -0.39 is 0 Å². The second kappa shape index (κ2) is 9.61. The normalized spacial score (nSPS) is 17.9. The van der Waals surface area contributed by atoms with Crippen LogP contribution in [0, 0.1) is 0 Å². The molecule has 0 aromatic heterocycles. The molecular weight excluding hydrogens is 418 g/mol. The molecule has 0 amide bonds. The summed E-state index contributed by atoms with van der Waals surface area (Å²) in [5.74, 6) is 1.67. The Balaban J connectivity index is 1.40. The van der Waals surface area contributed by atoms with Gasteiger partial charge in [-0.3, -0.25) is 14.6 Å². The molecule has 0 bridgehead atoms. The summed E-state index contributed by atoms with van der Waals surface area (Å²) in [5, 5.41) is 0. The number of ether oxygens (including phenoxy) is 3. The smallest absolute Gasteiger partial charge is 0.196 e. The molecule has 2 aromatic carbocycles. The van der Waals surface area contributed by atoms with Crippen LogP contribution in [0.3, 0.4) is 0 Å². The molecule has 0 unspecified atom stereocenters. The van der Waals surface area contributed by atoms with Gasteiger partial charge in [0, 0.05) is 35.8 Å². The van der Waals surface area contributed by atoms with Crippen LogP contribution in [0.2, 0.25) is 0 Å². The lowest BCUT2D eigenvalue weighted by Gasteiger charge is -2.19. The van der Waals surface area contributed by atoms with E-state index in [1.54, 1.807) is 7.11 Å². The van der Waals surface area contributed by atoms with Gasteiger partial charge in [-0.2, -0.15) is 0 Å². The van der Waals surface area contributed by atoms with Gasteiger partial charge in [-0.15, -0.1) is 0 Å². The van der Waals surface area contributed by atoms with E-state index >= 15 is 0 Å². The van der Waals surface area contributed by atoms with Crippen LogP contribution < -0.4 is 19.9 Å². The van der Waals surface area contributed by atoms with Crippen LogP contribution in [-0.2, 0) is 0 Å². The molecule has 1 aliphatic carbocycles. The summed E-state index contributed by atoms with van der Waals surface area (Å²) in [7, 11) is 1.61. The van der Waals surface area contributed by atoms with Crippen molar-refractivity contribution in [2.24, 2.45) is 0 Å². The molecule has 0 radical (unpaired) electrons. The third-order valence-corrected chi connectivity index (χ3v) is 6.99. The molecule has 176 valence electrons. The van der Waals surface area contributed by atoms with E-state index in [4.69, 9.17) is 19.9 Å². The molecule has 0 saturated carbocycles. The molecule has 2 N–H and O–H groups in total. The number of carbonyl (C=O) groups excluding carboxylic acids is 1. The highest BCUT2D eigenvalue weighted by Crippen LogP contribution is 2.51. The highest BCUT2D eigenvalue weighted by Gasteiger charge is 2.36. The fourth-order valence-corrected chi connectivity index (χ4v) is 5.23. The maximum Gasteiger partial charge on any atom is 0.196 e. The minimum Gasteiger partial charge on any atom is -0.496 e. The summed E-state index contributed by atoms with van der Waals surface area (Å²) in [6.07, 6.45) is 4.98. The predicted octanol–water partition coefficient (Wildman–Crippen LogP) is 3.44. The molecule has 5 rings (SSSR count). The molecule has 2 fully saturated rings. The van der Waals surface area contributed by atoms with Crippen molar-refractivity contribution in [3.05, 3.63) is 35.4 Å². The number of benzene rings is 2. The zero-order valence-electron chi connectivity index (χ0n) is 19.4. The molecule has 3 aliphatic rings. The van der Waals surface area contributed by atoms with E-state index in [0.717, 1.165) is 44.8 Å². The zero-order valence-corrected chi connectivity index (χ0v) is 19.4. The average Bonchev–Trinajstić information content (AvgIpc) is 3.58. The number of hydrogen-bond donors (Lipinski definition) is 1. The highest BCUT2D eigenvalue weighted by atomic mass is 16.5. The molecule has 2 heterocycles. The van der Waals surface area contributed by atoms with Gasteiger partial charge in [0.25, 0.3) is 0 Å². The average molecular weight is 452 g/mol. The van der Waals surface area contributed by atoms with Crippen molar-refractivity contribution >= 4 is 11.5 Å². The minimum atomic E-state index is -0.106. The van der Waals surface area contributed by atoms with Crippen molar-refractivity contribution in [1.82, 2.24) is 9.80 Å². The van der Waals surface area contributed by atoms with Crippen LogP contribution in [0.25, 0.3) is 11.1 Å². The summed E-state index contributed by atoms with van der Waals surface area (Å²) in [4.78, 5) is 18.2. The Labute approximate surface area is 195 Å². The second-order valence-electron chi connectivity index (χ2n) is 9.04. The maximum atomic E-state index is 13.4. The van der Waals surface area contributed by atoms with Gasteiger partial charge in [0.15, 0.2) is 5.78 Å². The number of methoxy groups -OCH3 is 1. The van der Waals surface area contributed by atoms with E-state index in [2.05, 4.69) is 9.80 Å². The van der Waals surface area contributed by atoms with E-state index in [-0.39, 0.29) is 5.78 Å². The van der Waals surface area contributed by atoms with E-state index in [1.165, 1.54) is 25.7 Å². The van der Waals surface area contributed by atoms with Crippen LogP contribution in [0.5, 0.6) is 17.2 Å². The Bertz CT molecular complexity index is 1030. The SMILES string of the molecule is COc1cc(OCCN2CCCC2)c(N)c2c1-c1c(OCCN3CCCC3)cccc1C2=O. The number of anilines is 1. The zero-order chi connectivity index (χ0) is 22.8. The first kappa shape index (κ1) is 22.0. The first-order valence-electron chi connectivity index (χ1n) is 12.1. The van der Waals surface area contributed by atoms with Gasteiger partial charge >= 0.3 is 0 Å². The Morgan fingerprint density at radius 2 is 1.42 bits per heavy atom. The van der Waals surface area contributed by atoms with Crippen molar-refractivity contribution in [2.45, 2.75) is 25.7 Å². The monoisotopic (exact) mass is 451 g/mol. The molecule has 0 spiro atoms. The number of rotatable bonds is 9. The van der Waals surface area contributed by atoms with Gasteiger partial charge in [-0.05, 0) is 57.9 Å². The van der Waals surface area contributed by atoms with Gasteiger partial charge in [0.05, 0.1) is 18.4 Å². The van der Waals surface area contributed by atoms with Crippen molar-refractivity contribution in [3.63, 3.8) is 0 Å². The van der Waals surface area contributed by atoms with Crippen molar-refractivity contribution in [2.75, 3.05) is 65.3 Å². The lowest BCUT2D eigenvalue weighted by atomic mass is 10.0. The van der Waals surface area contributed by atoms with Crippen LogP contribution in [0.15, 0.2) is 24.3 Å². The fraction of sp³-hybridized carbons (Fsp3) is 0.500. The van der Waals surface area contributed by atoms with Crippen molar-refractivity contribution < 1.29 is 19.0 Å². The van der Waals surface area contributed by atoms with Crippen molar-refractivity contribution in [1.29, 1.82) is 0 Å². The summed E-state index contributed by atoms with van der Waals surface area (Å²) >= 11 is 0. The molecule has 7 heteroatoms. The first-order chi connectivity index (χ1) is 16.2. The van der Waals surface area contributed by atoms with Crippen molar-refractivity contribution in [3.8, 4) is 28.4 Å². The number of nitrogens with two attached hydrogens (primary N) is 1. The highest BCUT2D eigenvalue weighted by molar-refractivity contribution is 6.26. The second-order valence-corrected chi connectivity index (χ2v) is 9.04. The molecule has 2 aliphatic heterocycles. The predicted molar refractivity (Wildman–Crippen MR) is 129 cm³/mol. The van der Waals surface area contributed by atoms with Gasteiger partial charge in [0.2, 0.25) is 0 Å². The van der Waals surface area contributed by atoms with Gasteiger partial charge < -0.3 is 19.9 Å². The third kappa shape index (κ3) is 4.27. The van der Waals surface area contributed by atoms with Crippen LogP contribution in [-0.4, -0.2) is 75.2 Å². The van der Waals surface area contributed by atoms with Crippen LogP contribution in [0.1, 0.15) is 41.6 Å². The van der Waals surface area contributed by atoms with Gasteiger partial charge in [0.1, 0.15) is 30.5 Å². The lowest BCUT2D eigenvalue weighted by Crippen LogP contribution is -2.25. The number of nitrogen functional groups attached to an aromatic ring is 1. The Hall–Kier alpha value is -2.77. The summed E-state index contributed by atoms with van der Waals surface area (Å²) in [6, 6.07) is 7.42. The number of nitrogens with zero attached hydrogens (tertiary/aromatic N) is 2. The molecule has 2 aromatic rings. The largest absolute Gasteiger partial charge is 0.496 e. The molecule has 7 nitrogen and oxygen atoms in total. The summed E-state index contributed by atoms with van der Waals surface area (Å²) in [6.45, 7) is 7.31. The Kier molecular flexibility index (Phi) is 6.42. The van der Waals surface area contributed by atoms with Crippen LogP contribution in [0.4, 0.5) is 5.69 Å². The third-order valence-electron chi connectivity index (χ3n) is 6.99. The molecule has 33 heavy (non-hydrogen) atoms. The number of likely N-dealkylation sites (tertiary alicyclic amines) is 2. The Morgan fingerprint density at radius 3 is 2.03 bits per heavy atom. The van der Waals surface area contributed by atoms with Gasteiger partial charge in [-0.25, -0.2) is 0 Å². The molecule has 0 atom stereocenters. The summed E-state index contributed by atoms with van der Waals surface area (Å²) < 4.78 is 17.9. The van der Waals surface area contributed by atoms with E-state index in [1.807, 2.05) is 24.3 Å². The molecule has 2 saturated heterocycles. The number of carbonyl (C=O) groups is 1. The first-order valence-corrected chi connectivity index (χ1v) is 12.1. The standard InChI is InChI=1S/C26H33N3O4/c1-31-20-17-21(33-16-14-29-11-4-5-12-29)25(27)24-23(20)22-18(26(24)30)7-6-8-19(22)32-15-13-28-9-2-3-10-28/h6-8,17H,2-5,9-16,27H2,1H3. The van der Waals surface area contributed by atoms with Crippen LogP contribution >= 0.6 is 0 Å². The number of fused-ring (bicyclic) bond motifs is 3. The Morgan fingerprint density at radius 1 is 0.818 bits per heavy atom. The quantitative estimate of drug-likeness (QED) is 0.500. The van der Waals surface area contributed by atoms with E-state index in [9.17, 15) is 4.79 Å². The fourth-order valence-electron chi connectivity index (χ4n) is 5.23.